The predicted molar refractivity (Wildman–Crippen MR) is 96.2 cm³/mol. The first kappa shape index (κ1) is 18.1. The van der Waals surface area contributed by atoms with E-state index in [1.165, 1.54) is 18.3 Å². The fraction of sp³-hybridized carbons (Fsp3) is 0.474. The Morgan fingerprint density at radius 2 is 1.96 bits per heavy atom. The first-order valence-electron chi connectivity index (χ1n) is 8.52. The zero-order chi connectivity index (χ0) is 18.2. The molecule has 3 rings (SSSR count). The molecule has 1 aliphatic rings. The Hall–Kier alpha value is -1.72. The van der Waals surface area contributed by atoms with Crippen molar-refractivity contribution in [1.82, 2.24) is 10.3 Å². The van der Waals surface area contributed by atoms with E-state index in [9.17, 15) is 14.3 Å². The quantitative estimate of drug-likeness (QED) is 0.862. The fourth-order valence-corrected chi connectivity index (χ4v) is 3.63. The number of aliphatic hydroxyl groups is 1. The van der Waals surface area contributed by atoms with Crippen molar-refractivity contribution < 1.29 is 14.3 Å². The number of aromatic nitrogens is 1. The number of pyridine rings is 1. The number of carbonyl (C=O) groups is 1. The largest absolute Gasteiger partial charge is 0.390 e. The number of hydrogen-bond acceptors (Lipinski definition) is 3. The van der Waals surface area contributed by atoms with E-state index in [4.69, 9.17) is 11.6 Å². The zero-order valence-electron chi connectivity index (χ0n) is 14.4. The maximum Gasteiger partial charge on any atom is 0.253 e. The molecule has 1 aromatic carbocycles. The topological polar surface area (TPSA) is 62.2 Å². The molecule has 25 heavy (non-hydrogen) atoms. The molecule has 0 bridgehead atoms. The van der Waals surface area contributed by atoms with Gasteiger partial charge in [0.2, 0.25) is 0 Å². The normalized spacial score (nSPS) is 21.3. The number of carbonyl (C=O) groups excluding carboxylic acids is 1. The summed E-state index contributed by atoms with van der Waals surface area (Å²) >= 11 is 5.80. The summed E-state index contributed by atoms with van der Waals surface area (Å²) in [5.74, 6) is -0.455. The number of fused-ring (bicyclic) bond motifs is 1. The second-order valence-electron chi connectivity index (χ2n) is 7.36. The van der Waals surface area contributed by atoms with Crippen LogP contribution in [0.25, 0.3) is 10.9 Å². The maximum atomic E-state index is 13.5. The van der Waals surface area contributed by atoms with Crippen LogP contribution in [0.1, 0.15) is 49.9 Å². The minimum Gasteiger partial charge on any atom is -0.390 e. The average molecular weight is 365 g/mol. The lowest BCUT2D eigenvalue weighted by molar-refractivity contribution is -0.00257. The van der Waals surface area contributed by atoms with E-state index in [2.05, 4.69) is 10.3 Å². The van der Waals surface area contributed by atoms with E-state index in [0.717, 1.165) is 25.7 Å². The van der Waals surface area contributed by atoms with Crippen molar-refractivity contribution in [2.75, 3.05) is 0 Å². The van der Waals surface area contributed by atoms with Crippen molar-refractivity contribution in [2.45, 2.75) is 51.2 Å². The number of nitrogens with zero attached hydrogens (tertiary/aromatic N) is 1. The molecule has 0 radical (unpaired) electrons. The number of halogens is 2. The fourth-order valence-electron chi connectivity index (χ4n) is 3.46. The average Bonchev–Trinajstić information content (AvgIpc) is 2.55. The molecule has 0 spiro atoms. The molecule has 1 heterocycles. The van der Waals surface area contributed by atoms with Crippen molar-refractivity contribution in [3.8, 4) is 0 Å². The SMILES string of the molecule is CC(C)(O)[C@H]1CC[C@H](NC(=O)c2cnc3cc(F)c(Cl)cc3c2)CC1. The molecule has 0 unspecified atom stereocenters. The van der Waals surface area contributed by atoms with Crippen LogP contribution in [0, 0.1) is 11.7 Å². The Kier molecular flexibility index (Phi) is 4.98. The number of hydrogen-bond donors (Lipinski definition) is 2. The minimum absolute atomic E-state index is 0.0109. The van der Waals surface area contributed by atoms with E-state index >= 15 is 0 Å². The molecule has 4 nitrogen and oxygen atoms in total. The molecule has 2 N–H and O–H groups in total. The van der Waals surface area contributed by atoms with Gasteiger partial charge in [0.05, 0.1) is 21.7 Å². The molecule has 0 saturated heterocycles. The summed E-state index contributed by atoms with van der Waals surface area (Å²) in [4.78, 5) is 16.6. The van der Waals surface area contributed by atoms with Gasteiger partial charge in [-0.1, -0.05) is 11.6 Å². The molecule has 1 fully saturated rings. The van der Waals surface area contributed by atoms with Crippen molar-refractivity contribution in [3.63, 3.8) is 0 Å². The molecular formula is C19H22ClFN2O2. The predicted octanol–water partition coefficient (Wildman–Crippen LogP) is 4.09. The summed E-state index contributed by atoms with van der Waals surface area (Å²) in [6, 6.07) is 4.51. The minimum atomic E-state index is -0.675. The third-order valence-electron chi connectivity index (χ3n) is 5.05. The highest BCUT2D eigenvalue weighted by Crippen LogP contribution is 2.32. The van der Waals surface area contributed by atoms with E-state index in [-0.39, 0.29) is 22.9 Å². The van der Waals surface area contributed by atoms with E-state index < -0.39 is 11.4 Å². The van der Waals surface area contributed by atoms with Gasteiger partial charge in [0.25, 0.3) is 5.91 Å². The van der Waals surface area contributed by atoms with Crippen LogP contribution >= 0.6 is 11.6 Å². The summed E-state index contributed by atoms with van der Waals surface area (Å²) < 4.78 is 13.5. The van der Waals surface area contributed by atoms with Crippen LogP contribution in [0.15, 0.2) is 24.4 Å². The van der Waals surface area contributed by atoms with Crippen molar-refractivity contribution in [3.05, 3.63) is 40.8 Å². The Morgan fingerprint density at radius 1 is 1.28 bits per heavy atom. The van der Waals surface area contributed by atoms with Crippen molar-refractivity contribution >= 4 is 28.4 Å². The van der Waals surface area contributed by atoms with Gasteiger partial charge >= 0.3 is 0 Å². The zero-order valence-corrected chi connectivity index (χ0v) is 15.1. The van der Waals surface area contributed by atoms with Gasteiger partial charge in [-0.2, -0.15) is 0 Å². The molecule has 1 amide bonds. The van der Waals surface area contributed by atoms with Gasteiger partial charge in [-0.25, -0.2) is 4.39 Å². The highest BCUT2D eigenvalue weighted by molar-refractivity contribution is 6.31. The maximum absolute atomic E-state index is 13.5. The first-order valence-corrected chi connectivity index (χ1v) is 8.90. The number of rotatable bonds is 3. The Bertz CT molecular complexity index is 796. The molecule has 6 heteroatoms. The highest BCUT2D eigenvalue weighted by atomic mass is 35.5. The van der Waals surface area contributed by atoms with Crippen LogP contribution in [0.4, 0.5) is 4.39 Å². The summed E-state index contributed by atoms with van der Waals surface area (Å²) in [6.45, 7) is 3.68. The van der Waals surface area contributed by atoms with Gasteiger partial charge in [-0.15, -0.1) is 0 Å². The lowest BCUT2D eigenvalue weighted by Gasteiger charge is -2.36. The third-order valence-corrected chi connectivity index (χ3v) is 5.34. The van der Waals surface area contributed by atoms with Crippen LogP contribution in [0.3, 0.4) is 0 Å². The van der Waals surface area contributed by atoms with E-state index in [1.54, 1.807) is 6.07 Å². The van der Waals surface area contributed by atoms with Crippen LogP contribution in [-0.4, -0.2) is 27.6 Å². The summed E-state index contributed by atoms with van der Waals surface area (Å²) in [7, 11) is 0. The van der Waals surface area contributed by atoms with Gasteiger partial charge < -0.3 is 10.4 Å². The molecule has 0 atom stereocenters. The lowest BCUT2D eigenvalue weighted by Crippen LogP contribution is -2.41. The van der Waals surface area contributed by atoms with E-state index in [1.807, 2.05) is 13.8 Å². The standard InChI is InChI=1S/C19H22ClFN2O2/c1-19(2,25)13-3-5-14(6-4-13)23-18(24)12-7-11-8-15(20)16(21)9-17(11)22-10-12/h7-10,13-14,25H,3-6H2,1-2H3,(H,23,24)/t13-,14-. The summed E-state index contributed by atoms with van der Waals surface area (Å²) in [5, 5.41) is 13.8. The third kappa shape index (κ3) is 4.10. The van der Waals surface area contributed by atoms with Crippen LogP contribution < -0.4 is 5.32 Å². The summed E-state index contributed by atoms with van der Waals surface area (Å²) in [6.07, 6.45) is 4.92. The van der Waals surface area contributed by atoms with Gasteiger partial charge in [-0.05, 0) is 57.6 Å². The smallest absolute Gasteiger partial charge is 0.253 e. The molecule has 134 valence electrons. The molecular weight excluding hydrogens is 343 g/mol. The number of nitrogens with one attached hydrogen (secondary N) is 1. The molecule has 1 aliphatic carbocycles. The second-order valence-corrected chi connectivity index (χ2v) is 7.77. The van der Waals surface area contributed by atoms with Gasteiger partial charge in [0.1, 0.15) is 5.82 Å². The first-order chi connectivity index (χ1) is 11.7. The molecule has 1 saturated carbocycles. The van der Waals surface area contributed by atoms with Gasteiger partial charge in [0, 0.05) is 23.7 Å². The molecule has 1 aromatic heterocycles. The van der Waals surface area contributed by atoms with Gasteiger partial charge in [0.15, 0.2) is 0 Å². The van der Waals surface area contributed by atoms with Crippen LogP contribution in [-0.2, 0) is 0 Å². The van der Waals surface area contributed by atoms with Crippen LogP contribution in [0.5, 0.6) is 0 Å². The Morgan fingerprint density at radius 3 is 2.60 bits per heavy atom. The van der Waals surface area contributed by atoms with Crippen LogP contribution in [0.2, 0.25) is 5.02 Å². The summed E-state index contributed by atoms with van der Waals surface area (Å²) in [5.41, 5.74) is 0.218. The molecule has 0 aliphatic heterocycles. The van der Waals surface area contributed by atoms with Gasteiger partial charge in [-0.3, -0.25) is 9.78 Å². The Balaban J connectivity index is 1.68. The second kappa shape index (κ2) is 6.89. The lowest BCUT2D eigenvalue weighted by atomic mass is 9.77. The Labute approximate surface area is 151 Å². The molecule has 2 aromatic rings. The monoisotopic (exact) mass is 364 g/mol. The van der Waals surface area contributed by atoms with Crippen molar-refractivity contribution in [2.24, 2.45) is 5.92 Å². The number of benzene rings is 1. The highest BCUT2D eigenvalue weighted by Gasteiger charge is 2.31. The van der Waals surface area contributed by atoms with E-state index in [0.29, 0.717) is 16.5 Å². The van der Waals surface area contributed by atoms with Crippen molar-refractivity contribution in [1.29, 1.82) is 0 Å². The number of amides is 1.